The Balaban J connectivity index is 2.32. The van der Waals surface area contributed by atoms with Crippen molar-refractivity contribution in [3.05, 3.63) is 58.4 Å². The second kappa shape index (κ2) is 3.02. The summed E-state index contributed by atoms with van der Waals surface area (Å²) in [7, 11) is 0. The van der Waals surface area contributed by atoms with Gasteiger partial charge in [-0.25, -0.2) is 0 Å². The molecule has 0 radical (unpaired) electrons. The van der Waals surface area contributed by atoms with E-state index in [1.165, 1.54) is 10.4 Å². The molecular weight excluding hydrogens is 184 g/mol. The van der Waals surface area contributed by atoms with Crippen molar-refractivity contribution in [3.8, 4) is 0 Å². The van der Waals surface area contributed by atoms with Crippen LogP contribution in [0.5, 0.6) is 0 Å². The van der Waals surface area contributed by atoms with Crippen molar-refractivity contribution in [3.63, 3.8) is 0 Å². The molecule has 1 aromatic rings. The molecule has 3 rings (SSSR count). The largest absolute Gasteiger partial charge is 0.400 e. The summed E-state index contributed by atoms with van der Waals surface area (Å²) in [5.74, 6) is 0. The lowest BCUT2D eigenvalue weighted by Gasteiger charge is -2.25. The fourth-order valence-corrected chi connectivity index (χ4v) is 1.98. The first-order valence-corrected chi connectivity index (χ1v) is 5.07. The van der Waals surface area contributed by atoms with Crippen LogP contribution >= 0.6 is 0 Å². The second-order valence-electron chi connectivity index (χ2n) is 3.81. The fourth-order valence-electron chi connectivity index (χ4n) is 1.98. The standard InChI is InChI=1S/C13H12N2/c14-12-6-3-7-15-9-11-5-2-1-4-10(11)8-13(12)15/h1-5,7-9H,6,14H2. The third kappa shape index (κ3) is 1.26. The van der Waals surface area contributed by atoms with Crippen LogP contribution in [-0.4, -0.2) is 4.90 Å². The summed E-state index contributed by atoms with van der Waals surface area (Å²) in [6, 6.07) is 8.33. The summed E-state index contributed by atoms with van der Waals surface area (Å²) < 4.78 is 0. The van der Waals surface area contributed by atoms with E-state index in [-0.39, 0.29) is 0 Å². The van der Waals surface area contributed by atoms with E-state index in [1.807, 2.05) is 6.07 Å². The summed E-state index contributed by atoms with van der Waals surface area (Å²) >= 11 is 0. The first kappa shape index (κ1) is 8.36. The molecule has 74 valence electrons. The molecule has 2 aliphatic heterocycles. The van der Waals surface area contributed by atoms with Crippen LogP contribution in [-0.2, 0) is 0 Å². The van der Waals surface area contributed by atoms with E-state index in [9.17, 15) is 0 Å². The highest BCUT2D eigenvalue weighted by Crippen LogP contribution is 2.19. The highest BCUT2D eigenvalue weighted by Gasteiger charge is 2.12. The van der Waals surface area contributed by atoms with Crippen molar-refractivity contribution in [2.24, 2.45) is 5.73 Å². The fraction of sp³-hybridized carbons (Fsp3) is 0.0769. The molecule has 0 saturated carbocycles. The Bertz CT molecular complexity index is 579. The lowest BCUT2D eigenvalue weighted by molar-refractivity contribution is 0.672. The molecule has 0 unspecified atom stereocenters. The number of allylic oxidation sites excluding steroid dienone is 2. The van der Waals surface area contributed by atoms with Gasteiger partial charge >= 0.3 is 0 Å². The van der Waals surface area contributed by atoms with Crippen LogP contribution in [0.2, 0.25) is 0 Å². The van der Waals surface area contributed by atoms with Gasteiger partial charge in [-0.1, -0.05) is 30.3 Å². The van der Waals surface area contributed by atoms with Gasteiger partial charge in [0.05, 0.1) is 5.70 Å². The molecule has 15 heavy (non-hydrogen) atoms. The Kier molecular flexibility index (Phi) is 1.68. The number of fused-ring (bicyclic) bond motifs is 2. The quantitative estimate of drug-likeness (QED) is 0.658. The van der Waals surface area contributed by atoms with Gasteiger partial charge in [0.25, 0.3) is 0 Å². The molecule has 0 saturated heterocycles. The van der Waals surface area contributed by atoms with Crippen LogP contribution < -0.4 is 16.2 Å². The van der Waals surface area contributed by atoms with E-state index in [0.717, 1.165) is 17.8 Å². The molecule has 2 heterocycles. The number of hydrogen-bond acceptors (Lipinski definition) is 2. The molecular formula is C13H12N2. The van der Waals surface area contributed by atoms with Crippen molar-refractivity contribution in [1.29, 1.82) is 0 Å². The number of nitrogens with two attached hydrogens (primary N) is 1. The van der Waals surface area contributed by atoms with E-state index in [4.69, 9.17) is 5.73 Å². The lowest BCUT2D eigenvalue weighted by Crippen LogP contribution is -2.34. The van der Waals surface area contributed by atoms with E-state index in [2.05, 4.69) is 47.7 Å². The third-order valence-corrected chi connectivity index (χ3v) is 2.78. The first-order valence-electron chi connectivity index (χ1n) is 5.07. The molecule has 0 bridgehead atoms. The normalized spacial score (nSPS) is 17.7. The molecule has 0 aromatic heterocycles. The molecule has 0 fully saturated rings. The van der Waals surface area contributed by atoms with Crippen LogP contribution in [0.25, 0.3) is 12.3 Å². The number of hydrogen-bond donors (Lipinski definition) is 1. The number of benzene rings is 1. The van der Waals surface area contributed by atoms with E-state index < -0.39 is 0 Å². The predicted octanol–water partition coefficient (Wildman–Crippen LogP) is 0.608. The Morgan fingerprint density at radius 1 is 1.13 bits per heavy atom. The van der Waals surface area contributed by atoms with Crippen LogP contribution in [0, 0.1) is 0 Å². The minimum atomic E-state index is 0.846. The van der Waals surface area contributed by atoms with Crippen LogP contribution in [0.4, 0.5) is 0 Å². The number of nitrogens with zero attached hydrogens (tertiary/aromatic N) is 1. The van der Waals surface area contributed by atoms with E-state index >= 15 is 0 Å². The topological polar surface area (TPSA) is 29.3 Å². The lowest BCUT2D eigenvalue weighted by atomic mass is 10.1. The second-order valence-corrected chi connectivity index (χ2v) is 3.81. The molecule has 2 heteroatoms. The molecule has 2 nitrogen and oxygen atoms in total. The summed E-state index contributed by atoms with van der Waals surface area (Å²) in [5, 5.41) is 2.47. The van der Waals surface area contributed by atoms with Gasteiger partial charge in [0.15, 0.2) is 0 Å². The molecule has 0 amide bonds. The Morgan fingerprint density at radius 3 is 2.80 bits per heavy atom. The predicted molar refractivity (Wildman–Crippen MR) is 61.4 cm³/mol. The minimum absolute atomic E-state index is 0.846. The SMILES string of the molecule is NC1=C2C=c3ccccc3=CN2C=CC1. The minimum Gasteiger partial charge on any atom is -0.400 e. The summed E-state index contributed by atoms with van der Waals surface area (Å²) in [5.41, 5.74) is 8.02. The van der Waals surface area contributed by atoms with E-state index in [1.54, 1.807) is 0 Å². The molecule has 0 aliphatic carbocycles. The first-order chi connectivity index (χ1) is 7.34. The van der Waals surface area contributed by atoms with Crippen LogP contribution in [0.3, 0.4) is 0 Å². The molecule has 2 aliphatic rings. The highest BCUT2D eigenvalue weighted by molar-refractivity contribution is 5.57. The zero-order valence-corrected chi connectivity index (χ0v) is 8.35. The van der Waals surface area contributed by atoms with Crippen LogP contribution in [0.15, 0.2) is 47.9 Å². The van der Waals surface area contributed by atoms with Crippen molar-refractivity contribution >= 4 is 12.3 Å². The monoisotopic (exact) mass is 196 g/mol. The van der Waals surface area contributed by atoms with Gasteiger partial charge in [-0.3, -0.25) is 0 Å². The molecule has 1 aromatic carbocycles. The average Bonchev–Trinajstić information content (AvgIpc) is 2.27. The molecule has 2 N–H and O–H groups in total. The Morgan fingerprint density at radius 2 is 1.93 bits per heavy atom. The maximum atomic E-state index is 5.98. The van der Waals surface area contributed by atoms with Crippen molar-refractivity contribution in [2.75, 3.05) is 0 Å². The van der Waals surface area contributed by atoms with Crippen LogP contribution in [0.1, 0.15) is 6.42 Å². The van der Waals surface area contributed by atoms with Gasteiger partial charge in [-0.05, 0) is 16.5 Å². The maximum absolute atomic E-state index is 5.98. The third-order valence-electron chi connectivity index (χ3n) is 2.78. The van der Waals surface area contributed by atoms with Crippen molar-refractivity contribution < 1.29 is 0 Å². The van der Waals surface area contributed by atoms with Crippen molar-refractivity contribution in [2.45, 2.75) is 6.42 Å². The zero-order chi connectivity index (χ0) is 10.3. The molecule has 0 atom stereocenters. The van der Waals surface area contributed by atoms with E-state index in [0.29, 0.717) is 0 Å². The van der Waals surface area contributed by atoms with Gasteiger partial charge in [0.1, 0.15) is 0 Å². The smallest absolute Gasteiger partial charge is 0.0647 e. The Hall–Kier alpha value is -1.96. The number of rotatable bonds is 0. The summed E-state index contributed by atoms with van der Waals surface area (Å²) in [6.07, 6.45) is 9.26. The maximum Gasteiger partial charge on any atom is 0.0647 e. The van der Waals surface area contributed by atoms with Crippen molar-refractivity contribution in [1.82, 2.24) is 4.90 Å². The van der Waals surface area contributed by atoms with Gasteiger partial charge in [-0.15, -0.1) is 0 Å². The van der Waals surface area contributed by atoms with Gasteiger partial charge in [-0.2, -0.15) is 0 Å². The molecule has 0 spiro atoms. The zero-order valence-electron chi connectivity index (χ0n) is 8.35. The highest BCUT2D eigenvalue weighted by atomic mass is 15.1. The average molecular weight is 196 g/mol. The Labute approximate surface area is 88.3 Å². The van der Waals surface area contributed by atoms with Gasteiger partial charge < -0.3 is 10.6 Å². The van der Waals surface area contributed by atoms with Gasteiger partial charge in [0.2, 0.25) is 0 Å². The summed E-state index contributed by atoms with van der Waals surface area (Å²) in [4.78, 5) is 2.08. The summed E-state index contributed by atoms with van der Waals surface area (Å²) in [6.45, 7) is 0. The van der Waals surface area contributed by atoms with Gasteiger partial charge in [0, 0.05) is 24.5 Å².